The predicted octanol–water partition coefficient (Wildman–Crippen LogP) is 3.40. The number of allylic oxidation sites excluding steroid dienone is 3. The third-order valence-corrected chi connectivity index (χ3v) is 5.49. The molecule has 10 radical (unpaired) electrons. The minimum Gasteiger partial charge on any atom is -0.507 e. The SMILES string of the molecule is [B]C([B])=C(C1CCC(C)=CC1c1c(O)cc(CCCCC)cc1O)C([B])([B])[B]. The van der Waals surface area contributed by atoms with Gasteiger partial charge in [-0.05, 0) is 56.2 Å². The summed E-state index contributed by atoms with van der Waals surface area (Å²) in [5, 5.41) is 19.8. The van der Waals surface area contributed by atoms with Crippen LogP contribution in [0.2, 0.25) is 5.11 Å². The number of hydrogen-bond acceptors (Lipinski definition) is 2. The molecule has 0 heterocycles. The molecule has 1 aromatic rings. The average molecular weight is 363 g/mol. The molecule has 2 rings (SSSR count). The topological polar surface area (TPSA) is 40.5 Å². The van der Waals surface area contributed by atoms with Gasteiger partial charge in [0.05, 0.1) is 39.2 Å². The Labute approximate surface area is 176 Å². The molecule has 136 valence electrons. The molecule has 2 nitrogen and oxygen atoms in total. The summed E-state index contributed by atoms with van der Waals surface area (Å²) in [6.07, 6.45) is 7.47. The first-order chi connectivity index (χ1) is 13.1. The van der Waals surface area contributed by atoms with Crippen molar-refractivity contribution in [3.05, 3.63) is 45.9 Å². The van der Waals surface area contributed by atoms with Gasteiger partial charge in [-0.3, -0.25) is 0 Å². The van der Waals surface area contributed by atoms with Crippen molar-refractivity contribution in [2.24, 2.45) is 5.92 Å². The first-order valence-electron chi connectivity index (χ1n) is 9.90. The highest BCUT2D eigenvalue weighted by molar-refractivity contribution is 6.62. The molecule has 0 saturated heterocycles. The third kappa shape index (κ3) is 5.36. The lowest BCUT2D eigenvalue weighted by atomic mass is 9.35. The van der Waals surface area contributed by atoms with E-state index in [0.717, 1.165) is 43.2 Å². The molecule has 0 amide bonds. The summed E-state index contributed by atoms with van der Waals surface area (Å²) in [5.41, 5.74) is 2.80. The van der Waals surface area contributed by atoms with Gasteiger partial charge in [-0.25, -0.2) is 0 Å². The lowest BCUT2D eigenvalue weighted by Gasteiger charge is -2.40. The third-order valence-electron chi connectivity index (χ3n) is 5.49. The van der Waals surface area contributed by atoms with E-state index < -0.39 is 5.11 Å². The monoisotopic (exact) mass is 364 g/mol. The number of unbranched alkanes of at least 4 members (excludes halogenated alkanes) is 2. The molecule has 1 aliphatic carbocycles. The molecule has 2 atom stereocenters. The first kappa shape index (κ1) is 22.9. The second-order valence-electron chi connectivity index (χ2n) is 7.99. The van der Waals surface area contributed by atoms with Gasteiger partial charge in [0.2, 0.25) is 0 Å². The van der Waals surface area contributed by atoms with E-state index in [1.54, 1.807) is 12.1 Å². The molecule has 0 bridgehead atoms. The zero-order valence-electron chi connectivity index (χ0n) is 16.9. The van der Waals surface area contributed by atoms with E-state index in [1.807, 2.05) is 13.0 Å². The largest absolute Gasteiger partial charge is 0.507 e. The van der Waals surface area contributed by atoms with Gasteiger partial charge in [-0.2, -0.15) is 5.37 Å². The number of phenolic OH excluding ortho intramolecular Hbond substituents is 2. The van der Waals surface area contributed by atoms with Crippen LogP contribution in [-0.2, 0) is 6.42 Å². The summed E-state index contributed by atoms with van der Waals surface area (Å²) >= 11 is 0. The second kappa shape index (κ2) is 9.41. The van der Waals surface area contributed by atoms with E-state index in [-0.39, 0.29) is 28.7 Å². The van der Waals surface area contributed by atoms with Crippen molar-refractivity contribution < 1.29 is 10.2 Å². The van der Waals surface area contributed by atoms with E-state index in [0.29, 0.717) is 17.6 Å². The summed E-state index contributed by atoms with van der Waals surface area (Å²) < 4.78 is 0. The molecule has 1 aromatic carbocycles. The molecule has 28 heavy (non-hydrogen) atoms. The maximum Gasteiger partial charge on any atom is 0.123 e. The van der Waals surface area contributed by atoms with Crippen molar-refractivity contribution in [3.8, 4) is 11.5 Å². The fourth-order valence-corrected chi connectivity index (χ4v) is 4.21. The Morgan fingerprint density at radius 1 is 1.11 bits per heavy atom. The molecular weight excluding hydrogens is 338 g/mol. The highest BCUT2D eigenvalue weighted by atomic mass is 16.3. The quantitative estimate of drug-likeness (QED) is 0.443. The second-order valence-corrected chi connectivity index (χ2v) is 7.99. The van der Waals surface area contributed by atoms with Crippen molar-refractivity contribution in [2.75, 3.05) is 0 Å². The molecule has 1 aliphatic rings. The van der Waals surface area contributed by atoms with Gasteiger partial charge >= 0.3 is 0 Å². The molecule has 0 fully saturated rings. The molecule has 0 aromatic heterocycles. The first-order valence-corrected chi connectivity index (χ1v) is 9.90. The molecular formula is C21H25B5O2. The highest BCUT2D eigenvalue weighted by Gasteiger charge is 2.35. The van der Waals surface area contributed by atoms with E-state index in [1.165, 1.54) is 0 Å². The van der Waals surface area contributed by atoms with Gasteiger partial charge in [-0.1, -0.05) is 31.4 Å². The van der Waals surface area contributed by atoms with Gasteiger partial charge < -0.3 is 10.2 Å². The van der Waals surface area contributed by atoms with Crippen LogP contribution >= 0.6 is 0 Å². The van der Waals surface area contributed by atoms with Crippen molar-refractivity contribution in [2.45, 2.75) is 63.4 Å². The van der Waals surface area contributed by atoms with Crippen LogP contribution in [-0.4, -0.2) is 49.4 Å². The van der Waals surface area contributed by atoms with E-state index >= 15 is 0 Å². The minimum atomic E-state index is -1.69. The fourth-order valence-electron chi connectivity index (χ4n) is 4.21. The standard InChI is InChI=1S/C21H25B5O2/c1-3-4-5-6-13-10-16(27)18(17(28)11-13)15-9-12(2)7-8-14(15)19(20(22)23)21(24,25)26/h9-11,14-15,27-28H,3-8H2,1-2H3. The Bertz CT molecular complexity index is 738. The van der Waals surface area contributed by atoms with Gasteiger partial charge in [0.25, 0.3) is 0 Å². The molecule has 7 heteroatoms. The van der Waals surface area contributed by atoms with Crippen LogP contribution in [0.1, 0.15) is 63.0 Å². The van der Waals surface area contributed by atoms with Crippen LogP contribution in [0.3, 0.4) is 0 Å². The van der Waals surface area contributed by atoms with Gasteiger partial charge in [0.15, 0.2) is 0 Å². The van der Waals surface area contributed by atoms with Gasteiger partial charge in [0.1, 0.15) is 11.5 Å². The minimum absolute atomic E-state index is 0.0226. The maximum atomic E-state index is 10.7. The van der Waals surface area contributed by atoms with Crippen molar-refractivity contribution in [3.63, 3.8) is 0 Å². The van der Waals surface area contributed by atoms with Gasteiger partial charge in [-0.15, -0.1) is 10.7 Å². The Morgan fingerprint density at radius 3 is 2.21 bits per heavy atom. The van der Waals surface area contributed by atoms with Gasteiger partial charge in [0, 0.05) is 11.5 Å². The summed E-state index contributed by atoms with van der Waals surface area (Å²) in [7, 11) is 29.6. The van der Waals surface area contributed by atoms with E-state index in [2.05, 4.69) is 6.92 Å². The number of aryl methyl sites for hydroxylation is 1. The normalized spacial score (nSPS) is 19.9. The number of phenols is 2. The zero-order chi connectivity index (χ0) is 21.1. The van der Waals surface area contributed by atoms with Crippen LogP contribution in [0.4, 0.5) is 0 Å². The molecule has 0 saturated carbocycles. The number of rotatable bonds is 7. The number of benzene rings is 1. The fraction of sp³-hybridized carbons (Fsp3) is 0.524. The lowest BCUT2D eigenvalue weighted by Crippen LogP contribution is -2.29. The molecule has 2 unspecified atom stereocenters. The number of hydrogen-bond donors (Lipinski definition) is 2. The van der Waals surface area contributed by atoms with Crippen molar-refractivity contribution >= 4 is 39.2 Å². The average Bonchev–Trinajstić information content (AvgIpc) is 2.55. The van der Waals surface area contributed by atoms with Crippen LogP contribution in [0.5, 0.6) is 11.5 Å². The molecule has 0 aliphatic heterocycles. The van der Waals surface area contributed by atoms with Crippen molar-refractivity contribution in [1.29, 1.82) is 0 Å². The maximum absolute atomic E-state index is 10.7. The predicted molar refractivity (Wildman–Crippen MR) is 121 cm³/mol. The Hall–Kier alpha value is -1.38. The Kier molecular flexibility index (Phi) is 7.70. The number of aromatic hydroxyl groups is 2. The van der Waals surface area contributed by atoms with Crippen molar-refractivity contribution in [1.82, 2.24) is 0 Å². The molecule has 2 N–H and O–H groups in total. The lowest BCUT2D eigenvalue weighted by molar-refractivity contribution is 0.403. The van der Waals surface area contributed by atoms with Crippen LogP contribution < -0.4 is 0 Å². The molecule has 0 spiro atoms. The van der Waals surface area contributed by atoms with Crippen LogP contribution in [0, 0.1) is 5.92 Å². The Morgan fingerprint density at radius 2 is 1.71 bits per heavy atom. The van der Waals surface area contributed by atoms with Crippen LogP contribution in [0.15, 0.2) is 34.7 Å². The Balaban J connectivity index is 2.50. The zero-order valence-corrected chi connectivity index (χ0v) is 16.9. The smallest absolute Gasteiger partial charge is 0.123 e. The summed E-state index contributed by atoms with van der Waals surface area (Å²) in [6, 6.07) is 3.44. The highest BCUT2D eigenvalue weighted by Crippen LogP contribution is 2.50. The van der Waals surface area contributed by atoms with Crippen LogP contribution in [0.25, 0.3) is 0 Å². The summed E-state index contributed by atoms with van der Waals surface area (Å²) in [5.74, 6) is -0.625. The van der Waals surface area contributed by atoms with E-state index in [4.69, 9.17) is 39.2 Å². The summed E-state index contributed by atoms with van der Waals surface area (Å²) in [6.45, 7) is 4.14. The van der Waals surface area contributed by atoms with E-state index in [9.17, 15) is 10.2 Å². The summed E-state index contributed by atoms with van der Waals surface area (Å²) in [4.78, 5) is 0.